The Morgan fingerprint density at radius 1 is 1.11 bits per heavy atom. The number of nitriles is 1. The minimum atomic E-state index is -0.318. The van der Waals surface area contributed by atoms with Gasteiger partial charge in [-0.3, -0.25) is 14.5 Å². The molecule has 1 fully saturated rings. The topological polar surface area (TPSA) is 79.6 Å². The fraction of sp³-hybridized carbons (Fsp3) is 0.190. The number of nitrogens with zero attached hydrogens (tertiary/aromatic N) is 2. The summed E-state index contributed by atoms with van der Waals surface area (Å²) >= 11 is 0.917. The fourth-order valence-electron chi connectivity index (χ4n) is 2.67. The van der Waals surface area contributed by atoms with Crippen molar-refractivity contribution in [2.75, 3.05) is 13.2 Å². The van der Waals surface area contributed by atoms with Gasteiger partial charge in [0, 0.05) is 0 Å². The van der Waals surface area contributed by atoms with Gasteiger partial charge in [-0.15, -0.1) is 0 Å². The summed E-state index contributed by atoms with van der Waals surface area (Å²) in [6.45, 7) is 2.43. The van der Waals surface area contributed by atoms with Crippen LogP contribution in [0, 0.1) is 11.3 Å². The maximum Gasteiger partial charge on any atom is 0.293 e. The second-order valence-corrected chi connectivity index (χ2v) is 6.83. The van der Waals surface area contributed by atoms with Crippen LogP contribution in [0.2, 0.25) is 0 Å². The van der Waals surface area contributed by atoms with Gasteiger partial charge in [0.25, 0.3) is 11.1 Å². The van der Waals surface area contributed by atoms with Crippen LogP contribution in [-0.4, -0.2) is 29.3 Å². The second-order valence-electron chi connectivity index (χ2n) is 5.84. The summed E-state index contributed by atoms with van der Waals surface area (Å²) in [5.41, 5.74) is 1.60. The van der Waals surface area contributed by atoms with Crippen LogP contribution in [0.3, 0.4) is 0 Å². The van der Waals surface area contributed by atoms with E-state index in [4.69, 9.17) is 14.7 Å². The van der Waals surface area contributed by atoms with Crippen molar-refractivity contribution in [2.24, 2.45) is 0 Å². The van der Waals surface area contributed by atoms with Crippen LogP contribution in [0.15, 0.2) is 53.4 Å². The zero-order chi connectivity index (χ0) is 19.9. The molecular weight excluding hydrogens is 376 g/mol. The van der Waals surface area contributed by atoms with Crippen molar-refractivity contribution in [1.82, 2.24) is 4.90 Å². The first-order chi connectivity index (χ1) is 13.6. The molecule has 1 heterocycles. The van der Waals surface area contributed by atoms with E-state index in [2.05, 4.69) is 0 Å². The molecule has 0 radical (unpaired) electrons. The van der Waals surface area contributed by atoms with E-state index in [9.17, 15) is 9.59 Å². The molecule has 0 bridgehead atoms. The van der Waals surface area contributed by atoms with E-state index in [-0.39, 0.29) is 24.3 Å². The lowest BCUT2D eigenvalue weighted by Gasteiger charge is -2.12. The number of thioether (sulfide) groups is 1. The highest BCUT2D eigenvalue weighted by Crippen LogP contribution is 2.35. The zero-order valence-electron chi connectivity index (χ0n) is 15.3. The Hall–Kier alpha value is -3.24. The summed E-state index contributed by atoms with van der Waals surface area (Å²) in [7, 11) is 0. The van der Waals surface area contributed by atoms with E-state index in [0.29, 0.717) is 28.6 Å². The van der Waals surface area contributed by atoms with Crippen molar-refractivity contribution in [2.45, 2.75) is 13.5 Å². The SMILES string of the molecule is CCOc1cc(/C=C2\SC(=O)N(Cc3ccccc3)C2=O)ccc1OCC#N. The van der Waals surface area contributed by atoms with Crippen molar-refractivity contribution < 1.29 is 19.1 Å². The highest BCUT2D eigenvalue weighted by molar-refractivity contribution is 8.18. The quantitative estimate of drug-likeness (QED) is 0.654. The van der Waals surface area contributed by atoms with Gasteiger partial charge in [-0.2, -0.15) is 5.26 Å². The average Bonchev–Trinajstić information content (AvgIpc) is 2.96. The first-order valence-corrected chi connectivity index (χ1v) is 9.50. The molecular formula is C21H18N2O4S. The fourth-order valence-corrected chi connectivity index (χ4v) is 3.50. The molecule has 2 amide bonds. The molecule has 1 aliphatic rings. The second kappa shape index (κ2) is 9.11. The molecule has 0 atom stereocenters. The van der Waals surface area contributed by atoms with Gasteiger partial charge in [-0.05, 0) is 48.0 Å². The number of amides is 2. The van der Waals surface area contributed by atoms with Gasteiger partial charge in [0.05, 0.1) is 18.1 Å². The predicted molar refractivity (Wildman–Crippen MR) is 107 cm³/mol. The average molecular weight is 394 g/mol. The first kappa shape index (κ1) is 19.5. The van der Waals surface area contributed by atoms with Crippen LogP contribution in [0.4, 0.5) is 4.79 Å². The van der Waals surface area contributed by atoms with E-state index in [0.717, 1.165) is 17.3 Å². The third-order valence-corrected chi connectivity index (χ3v) is 4.82. The lowest BCUT2D eigenvalue weighted by Crippen LogP contribution is -2.27. The van der Waals surface area contributed by atoms with E-state index < -0.39 is 0 Å². The molecule has 2 aromatic carbocycles. The predicted octanol–water partition coefficient (Wildman–Crippen LogP) is 4.22. The van der Waals surface area contributed by atoms with Crippen molar-refractivity contribution in [3.63, 3.8) is 0 Å². The van der Waals surface area contributed by atoms with Crippen molar-refractivity contribution >= 4 is 29.0 Å². The Bertz CT molecular complexity index is 951. The largest absolute Gasteiger partial charge is 0.490 e. The monoisotopic (exact) mass is 394 g/mol. The van der Waals surface area contributed by atoms with Gasteiger partial charge >= 0.3 is 0 Å². The van der Waals surface area contributed by atoms with Crippen LogP contribution in [0.1, 0.15) is 18.1 Å². The van der Waals surface area contributed by atoms with Crippen LogP contribution in [0.5, 0.6) is 11.5 Å². The van der Waals surface area contributed by atoms with Gasteiger partial charge in [-0.25, -0.2) is 0 Å². The molecule has 0 aromatic heterocycles. The standard InChI is InChI=1S/C21H18N2O4S/c1-2-26-18-12-16(8-9-17(18)27-11-10-22)13-19-20(24)23(21(25)28-19)14-15-6-4-3-5-7-15/h3-9,12-13H,2,11,14H2,1H3/b19-13-. The van der Waals surface area contributed by atoms with Gasteiger partial charge in [-0.1, -0.05) is 36.4 Å². The lowest BCUT2D eigenvalue weighted by atomic mass is 10.1. The third-order valence-electron chi connectivity index (χ3n) is 3.91. The summed E-state index contributed by atoms with van der Waals surface area (Å²) in [5.74, 6) is 0.620. The normalized spacial score (nSPS) is 15.0. The summed E-state index contributed by atoms with van der Waals surface area (Å²) in [6.07, 6.45) is 1.66. The van der Waals surface area contributed by atoms with E-state index >= 15 is 0 Å². The molecule has 28 heavy (non-hydrogen) atoms. The van der Waals surface area contributed by atoms with E-state index in [1.54, 1.807) is 24.3 Å². The van der Waals surface area contributed by atoms with Crippen LogP contribution < -0.4 is 9.47 Å². The number of carbonyl (C=O) groups excluding carboxylic acids is 2. The Morgan fingerprint density at radius 3 is 2.61 bits per heavy atom. The Balaban J connectivity index is 1.81. The van der Waals surface area contributed by atoms with Gasteiger partial charge in [0.1, 0.15) is 6.07 Å². The Morgan fingerprint density at radius 2 is 1.89 bits per heavy atom. The number of hydrogen-bond acceptors (Lipinski definition) is 6. The number of imide groups is 1. The highest BCUT2D eigenvalue weighted by atomic mass is 32.2. The number of benzene rings is 2. The molecule has 0 saturated carbocycles. The summed E-state index contributed by atoms with van der Waals surface area (Å²) in [5, 5.41) is 8.38. The lowest BCUT2D eigenvalue weighted by molar-refractivity contribution is -0.123. The molecule has 1 saturated heterocycles. The summed E-state index contributed by atoms with van der Waals surface area (Å²) in [6, 6.07) is 16.5. The van der Waals surface area contributed by atoms with Crippen molar-refractivity contribution in [3.05, 3.63) is 64.6 Å². The van der Waals surface area contributed by atoms with E-state index in [1.807, 2.05) is 43.3 Å². The highest BCUT2D eigenvalue weighted by Gasteiger charge is 2.34. The summed E-state index contributed by atoms with van der Waals surface area (Å²) in [4.78, 5) is 26.5. The molecule has 3 rings (SSSR count). The van der Waals surface area contributed by atoms with Crippen molar-refractivity contribution in [1.29, 1.82) is 5.26 Å². The molecule has 0 N–H and O–H groups in total. The van der Waals surface area contributed by atoms with Crippen LogP contribution in [0.25, 0.3) is 6.08 Å². The molecule has 142 valence electrons. The molecule has 0 aliphatic carbocycles. The summed E-state index contributed by atoms with van der Waals surface area (Å²) < 4.78 is 10.9. The zero-order valence-corrected chi connectivity index (χ0v) is 16.1. The van der Waals surface area contributed by atoms with Gasteiger partial charge in [0.15, 0.2) is 18.1 Å². The molecule has 0 unspecified atom stereocenters. The number of ether oxygens (including phenoxy) is 2. The maximum absolute atomic E-state index is 12.7. The number of rotatable bonds is 7. The molecule has 2 aromatic rings. The van der Waals surface area contributed by atoms with Crippen LogP contribution >= 0.6 is 11.8 Å². The van der Waals surface area contributed by atoms with Gasteiger partial charge < -0.3 is 9.47 Å². The molecule has 1 aliphatic heterocycles. The van der Waals surface area contributed by atoms with Crippen LogP contribution in [-0.2, 0) is 11.3 Å². The Labute approximate surface area is 167 Å². The first-order valence-electron chi connectivity index (χ1n) is 8.68. The number of hydrogen-bond donors (Lipinski definition) is 0. The van der Waals surface area contributed by atoms with E-state index in [1.165, 1.54) is 4.90 Å². The molecule has 7 heteroatoms. The molecule has 0 spiro atoms. The molecule has 6 nitrogen and oxygen atoms in total. The van der Waals surface area contributed by atoms with Crippen molar-refractivity contribution in [3.8, 4) is 17.6 Å². The number of carbonyl (C=O) groups is 2. The minimum Gasteiger partial charge on any atom is -0.490 e. The third kappa shape index (κ3) is 4.53. The maximum atomic E-state index is 12.7. The smallest absolute Gasteiger partial charge is 0.293 e. The van der Waals surface area contributed by atoms with Gasteiger partial charge in [0.2, 0.25) is 0 Å². The minimum absolute atomic E-state index is 0.0855. The Kier molecular flexibility index (Phi) is 6.35.